The fraction of sp³-hybridized carbons (Fsp3) is 0.333. The number of carbonyl (C=O) groups excluding carboxylic acids is 1. The molecular weight excluding hydrogens is 152 g/mol. The molecule has 62 valence electrons. The number of carbonyl (C=O) groups is 1. The Kier molecular flexibility index (Phi) is 1.57. The maximum atomic E-state index is 11.4. The second-order valence-electron chi connectivity index (χ2n) is 2.97. The fourth-order valence-corrected chi connectivity index (χ4v) is 1.40. The third kappa shape index (κ3) is 0.978. The van der Waals surface area contributed by atoms with E-state index in [1.54, 1.807) is 11.9 Å². The molecule has 2 aliphatic rings. The molecule has 0 radical (unpaired) electrons. The fourth-order valence-electron chi connectivity index (χ4n) is 1.40. The van der Waals surface area contributed by atoms with Gasteiger partial charge in [0.1, 0.15) is 0 Å². The molecule has 0 bridgehead atoms. The number of hydrogen-bond acceptors (Lipinski definition) is 2. The zero-order chi connectivity index (χ0) is 8.55. The minimum absolute atomic E-state index is 0.0836. The summed E-state index contributed by atoms with van der Waals surface area (Å²) < 4.78 is 0. The Balaban J connectivity index is 2.41. The van der Waals surface area contributed by atoms with Gasteiger partial charge in [-0.2, -0.15) is 0 Å². The van der Waals surface area contributed by atoms with Crippen molar-refractivity contribution in [3.63, 3.8) is 0 Å². The smallest absolute Gasteiger partial charge is 0.255 e. The number of hydrogen-bond donors (Lipinski definition) is 0. The van der Waals surface area contributed by atoms with Crippen LogP contribution in [0.3, 0.4) is 0 Å². The lowest BCUT2D eigenvalue weighted by Gasteiger charge is -2.06. The second-order valence-corrected chi connectivity index (χ2v) is 2.97. The highest BCUT2D eigenvalue weighted by molar-refractivity contribution is 6.00. The first-order chi connectivity index (χ1) is 5.79. The number of amides is 1. The van der Waals surface area contributed by atoms with Gasteiger partial charge in [0.2, 0.25) is 0 Å². The Morgan fingerprint density at radius 3 is 3.25 bits per heavy atom. The van der Waals surface area contributed by atoms with Crippen molar-refractivity contribution < 1.29 is 4.79 Å². The molecule has 0 N–H and O–H groups in total. The van der Waals surface area contributed by atoms with E-state index in [4.69, 9.17) is 0 Å². The molecule has 0 atom stereocenters. The summed E-state index contributed by atoms with van der Waals surface area (Å²) in [5.41, 5.74) is 1.66. The standard InChI is InChI=1S/C9H10N2O/c1-11-6-8-7(9(11)12)4-2-3-5-10-8/h2,4-5H,3,6H2,1H3. The van der Waals surface area contributed by atoms with Crippen molar-refractivity contribution in [2.45, 2.75) is 6.42 Å². The zero-order valence-corrected chi connectivity index (χ0v) is 6.95. The third-order valence-electron chi connectivity index (χ3n) is 2.05. The highest BCUT2D eigenvalue weighted by atomic mass is 16.2. The van der Waals surface area contributed by atoms with Crippen molar-refractivity contribution in [3.05, 3.63) is 23.4 Å². The Hall–Kier alpha value is -1.38. The van der Waals surface area contributed by atoms with Crippen LogP contribution in [0.25, 0.3) is 0 Å². The van der Waals surface area contributed by atoms with Gasteiger partial charge < -0.3 is 4.90 Å². The average molecular weight is 162 g/mol. The quantitative estimate of drug-likeness (QED) is 0.517. The first kappa shape index (κ1) is 7.28. The van der Waals surface area contributed by atoms with E-state index in [1.165, 1.54) is 0 Å². The van der Waals surface area contributed by atoms with Gasteiger partial charge in [-0.1, -0.05) is 12.2 Å². The number of nitrogens with zero attached hydrogens (tertiary/aromatic N) is 2. The number of aliphatic imine (C=N–C) groups is 1. The third-order valence-corrected chi connectivity index (χ3v) is 2.05. The van der Waals surface area contributed by atoms with E-state index in [-0.39, 0.29) is 5.91 Å². The van der Waals surface area contributed by atoms with Gasteiger partial charge in [0, 0.05) is 19.7 Å². The maximum Gasteiger partial charge on any atom is 0.255 e. The zero-order valence-electron chi connectivity index (χ0n) is 6.95. The van der Waals surface area contributed by atoms with Crippen molar-refractivity contribution in [2.75, 3.05) is 13.6 Å². The minimum atomic E-state index is 0.0836. The Bertz CT molecular complexity index is 312. The lowest BCUT2D eigenvalue weighted by atomic mass is 10.2. The van der Waals surface area contributed by atoms with Gasteiger partial charge >= 0.3 is 0 Å². The molecule has 3 nitrogen and oxygen atoms in total. The van der Waals surface area contributed by atoms with E-state index < -0.39 is 0 Å². The molecule has 0 saturated carbocycles. The van der Waals surface area contributed by atoms with Crippen LogP contribution in [0.1, 0.15) is 6.42 Å². The highest BCUT2D eigenvalue weighted by Gasteiger charge is 2.25. The molecule has 2 aliphatic heterocycles. The average Bonchev–Trinajstić information content (AvgIpc) is 2.30. The second kappa shape index (κ2) is 2.59. The molecule has 3 heteroatoms. The van der Waals surface area contributed by atoms with Gasteiger partial charge in [-0.3, -0.25) is 9.79 Å². The van der Waals surface area contributed by atoms with Gasteiger partial charge in [0.05, 0.1) is 17.8 Å². The van der Waals surface area contributed by atoms with Crippen LogP contribution in [0.2, 0.25) is 0 Å². The Labute approximate surface area is 71.1 Å². The molecule has 1 amide bonds. The van der Waals surface area contributed by atoms with Crippen LogP contribution in [0, 0.1) is 0 Å². The topological polar surface area (TPSA) is 32.7 Å². The summed E-state index contributed by atoms with van der Waals surface area (Å²) in [6.45, 7) is 0.648. The Morgan fingerprint density at radius 1 is 1.58 bits per heavy atom. The molecule has 0 aromatic carbocycles. The van der Waals surface area contributed by atoms with Crippen LogP contribution in [0.15, 0.2) is 28.4 Å². The highest BCUT2D eigenvalue weighted by Crippen LogP contribution is 2.21. The van der Waals surface area contributed by atoms with Crippen LogP contribution >= 0.6 is 0 Å². The summed E-state index contributed by atoms with van der Waals surface area (Å²) in [5.74, 6) is 0.0836. The first-order valence-electron chi connectivity index (χ1n) is 3.97. The Morgan fingerprint density at radius 2 is 2.42 bits per heavy atom. The van der Waals surface area contributed by atoms with Crippen LogP contribution in [0.5, 0.6) is 0 Å². The monoisotopic (exact) mass is 162 g/mol. The molecule has 2 rings (SSSR count). The largest absolute Gasteiger partial charge is 0.336 e. The van der Waals surface area contributed by atoms with E-state index in [0.29, 0.717) is 6.54 Å². The van der Waals surface area contributed by atoms with Crippen LogP contribution in [-0.2, 0) is 4.79 Å². The van der Waals surface area contributed by atoms with E-state index in [0.717, 1.165) is 17.7 Å². The molecule has 0 saturated heterocycles. The van der Waals surface area contributed by atoms with Crippen molar-refractivity contribution in [1.29, 1.82) is 0 Å². The van der Waals surface area contributed by atoms with Crippen LogP contribution in [-0.4, -0.2) is 30.6 Å². The summed E-state index contributed by atoms with van der Waals surface area (Å²) in [5, 5.41) is 0. The summed E-state index contributed by atoms with van der Waals surface area (Å²) in [6, 6.07) is 0. The molecule has 0 aliphatic carbocycles. The van der Waals surface area contributed by atoms with Gasteiger partial charge in [-0.25, -0.2) is 0 Å². The molecule has 12 heavy (non-hydrogen) atoms. The van der Waals surface area contributed by atoms with Gasteiger partial charge in [-0.05, 0) is 0 Å². The minimum Gasteiger partial charge on any atom is -0.336 e. The van der Waals surface area contributed by atoms with Gasteiger partial charge in [0.25, 0.3) is 5.91 Å². The van der Waals surface area contributed by atoms with E-state index >= 15 is 0 Å². The summed E-state index contributed by atoms with van der Waals surface area (Å²) in [7, 11) is 1.79. The number of likely N-dealkylation sites (N-methyl/N-ethyl adjacent to an activating group) is 1. The molecule has 0 spiro atoms. The molecule has 0 fully saturated rings. The molecule has 0 unspecified atom stereocenters. The maximum absolute atomic E-state index is 11.4. The van der Waals surface area contributed by atoms with Crippen LogP contribution in [0.4, 0.5) is 0 Å². The summed E-state index contributed by atoms with van der Waals surface area (Å²) in [4.78, 5) is 17.3. The van der Waals surface area contributed by atoms with E-state index in [2.05, 4.69) is 4.99 Å². The SMILES string of the molecule is CN1CC2=C(C=CCC=N2)C1=O. The van der Waals surface area contributed by atoms with Crippen LogP contribution < -0.4 is 0 Å². The summed E-state index contributed by atoms with van der Waals surface area (Å²) in [6.07, 6.45) is 6.49. The van der Waals surface area contributed by atoms with Gasteiger partial charge in [-0.15, -0.1) is 0 Å². The summed E-state index contributed by atoms with van der Waals surface area (Å²) >= 11 is 0. The van der Waals surface area contributed by atoms with Crippen molar-refractivity contribution in [2.24, 2.45) is 4.99 Å². The predicted molar refractivity (Wildman–Crippen MR) is 46.9 cm³/mol. The molecule has 0 aromatic rings. The lowest BCUT2D eigenvalue weighted by molar-refractivity contribution is -0.124. The predicted octanol–water partition coefficient (Wildman–Crippen LogP) is 0.743. The van der Waals surface area contributed by atoms with E-state index in [1.807, 2.05) is 18.4 Å². The van der Waals surface area contributed by atoms with Crippen molar-refractivity contribution in [1.82, 2.24) is 4.90 Å². The number of allylic oxidation sites excluding steroid dienone is 1. The van der Waals surface area contributed by atoms with Crippen molar-refractivity contribution >= 4 is 12.1 Å². The van der Waals surface area contributed by atoms with E-state index in [9.17, 15) is 4.79 Å². The molecular formula is C9H10N2O. The van der Waals surface area contributed by atoms with Crippen molar-refractivity contribution in [3.8, 4) is 0 Å². The van der Waals surface area contributed by atoms with Gasteiger partial charge in [0.15, 0.2) is 0 Å². The molecule has 0 aromatic heterocycles. The lowest BCUT2D eigenvalue weighted by Crippen LogP contribution is -2.21. The molecule has 2 heterocycles. The normalized spacial score (nSPS) is 21.8. The first-order valence-corrected chi connectivity index (χ1v) is 3.97. The number of rotatable bonds is 0.